The number of hydrogen-bond acceptors (Lipinski definition) is 6. The molecule has 0 saturated carbocycles. The van der Waals surface area contributed by atoms with Gasteiger partial charge in [0.15, 0.2) is 0 Å². The summed E-state index contributed by atoms with van der Waals surface area (Å²) in [5, 5.41) is 8.92. The van der Waals surface area contributed by atoms with Crippen LogP contribution >= 0.6 is 11.3 Å². The molecule has 4 rings (SSSR count). The topological polar surface area (TPSA) is 85.8 Å². The second-order valence-corrected chi connectivity index (χ2v) is 7.62. The van der Waals surface area contributed by atoms with Gasteiger partial charge < -0.3 is 14.4 Å². The van der Waals surface area contributed by atoms with Crippen LogP contribution in [-0.4, -0.2) is 25.6 Å². The molecule has 0 saturated heterocycles. The summed E-state index contributed by atoms with van der Waals surface area (Å²) in [6.45, 7) is 1.31. The fourth-order valence-electron chi connectivity index (χ4n) is 2.91. The molecule has 0 spiro atoms. The first-order chi connectivity index (χ1) is 14.3. The third kappa shape index (κ3) is 5.39. The molecule has 3 heterocycles. The van der Waals surface area contributed by atoms with Gasteiger partial charge in [0, 0.05) is 38.3 Å². The highest BCUT2D eigenvalue weighted by Gasteiger charge is 2.10. The van der Waals surface area contributed by atoms with E-state index in [9.17, 15) is 4.79 Å². The monoisotopic (exact) mass is 407 g/mol. The molecule has 29 heavy (non-hydrogen) atoms. The molecule has 7 nitrogen and oxygen atoms in total. The van der Waals surface area contributed by atoms with Crippen LogP contribution in [0.2, 0.25) is 0 Å². The van der Waals surface area contributed by atoms with Crippen molar-refractivity contribution in [1.82, 2.24) is 25.0 Å². The number of nitrogens with one attached hydrogen (secondary N) is 1. The number of amides is 1. The first-order valence-corrected chi connectivity index (χ1v) is 10.3. The molecular weight excluding hydrogens is 386 g/mol. The van der Waals surface area contributed by atoms with Gasteiger partial charge >= 0.3 is 0 Å². The SMILES string of the molecule is O=C(CCCc1nc(-c2cccs2)no1)NCc1ccc(Cn2ccnc2)cc1. The molecule has 148 valence electrons. The molecule has 8 heteroatoms. The van der Waals surface area contributed by atoms with E-state index in [1.807, 2.05) is 40.4 Å². The number of carbonyl (C=O) groups is 1. The molecule has 0 radical (unpaired) electrons. The van der Waals surface area contributed by atoms with Gasteiger partial charge in [0.1, 0.15) is 0 Å². The number of imidazole rings is 1. The van der Waals surface area contributed by atoms with E-state index in [-0.39, 0.29) is 5.91 Å². The zero-order chi connectivity index (χ0) is 19.9. The van der Waals surface area contributed by atoms with Gasteiger partial charge in [-0.1, -0.05) is 35.5 Å². The highest BCUT2D eigenvalue weighted by atomic mass is 32.1. The van der Waals surface area contributed by atoms with E-state index < -0.39 is 0 Å². The number of nitrogens with zero attached hydrogens (tertiary/aromatic N) is 4. The van der Waals surface area contributed by atoms with Crippen molar-refractivity contribution >= 4 is 17.2 Å². The Kier molecular flexibility index (Phi) is 6.11. The standard InChI is InChI=1S/C21H21N5O2S/c27-19(4-1-5-20-24-21(25-28-20)18-3-2-12-29-18)23-13-16-6-8-17(9-7-16)14-26-11-10-22-15-26/h2-3,6-12,15H,1,4-5,13-14H2,(H,23,27). The lowest BCUT2D eigenvalue weighted by molar-refractivity contribution is -0.121. The van der Waals surface area contributed by atoms with Gasteiger partial charge in [-0.25, -0.2) is 4.98 Å². The van der Waals surface area contributed by atoms with E-state index >= 15 is 0 Å². The molecule has 0 aliphatic carbocycles. The van der Waals surface area contributed by atoms with Gasteiger partial charge in [0.2, 0.25) is 17.6 Å². The van der Waals surface area contributed by atoms with E-state index in [0.29, 0.717) is 37.5 Å². The van der Waals surface area contributed by atoms with Crippen LogP contribution in [0.4, 0.5) is 0 Å². The minimum Gasteiger partial charge on any atom is -0.352 e. The molecule has 0 bridgehead atoms. The Bertz CT molecular complexity index is 1020. The van der Waals surface area contributed by atoms with Crippen molar-refractivity contribution in [3.63, 3.8) is 0 Å². The van der Waals surface area contributed by atoms with Crippen LogP contribution in [0.5, 0.6) is 0 Å². The highest BCUT2D eigenvalue weighted by Crippen LogP contribution is 2.21. The van der Waals surface area contributed by atoms with Crippen molar-refractivity contribution in [2.75, 3.05) is 0 Å². The Balaban J connectivity index is 1.17. The Morgan fingerprint density at radius 2 is 2.03 bits per heavy atom. The first kappa shape index (κ1) is 19.1. The lowest BCUT2D eigenvalue weighted by Crippen LogP contribution is -2.22. The summed E-state index contributed by atoms with van der Waals surface area (Å²) in [4.78, 5) is 21.5. The van der Waals surface area contributed by atoms with Crippen LogP contribution in [0, 0.1) is 0 Å². The minimum absolute atomic E-state index is 0.0190. The van der Waals surface area contributed by atoms with Crippen LogP contribution < -0.4 is 5.32 Å². The number of carbonyl (C=O) groups excluding carboxylic acids is 1. The smallest absolute Gasteiger partial charge is 0.226 e. The molecule has 0 atom stereocenters. The van der Waals surface area contributed by atoms with Crippen molar-refractivity contribution in [3.8, 4) is 10.7 Å². The Labute approximate surface area is 172 Å². The van der Waals surface area contributed by atoms with Gasteiger partial charge in [0.05, 0.1) is 11.2 Å². The van der Waals surface area contributed by atoms with Crippen LogP contribution in [-0.2, 0) is 24.3 Å². The second kappa shape index (κ2) is 9.29. The molecule has 0 aliphatic rings. The van der Waals surface area contributed by atoms with Gasteiger partial charge in [-0.3, -0.25) is 4.79 Å². The van der Waals surface area contributed by atoms with Crippen molar-refractivity contribution in [1.29, 1.82) is 0 Å². The van der Waals surface area contributed by atoms with Gasteiger partial charge in [-0.05, 0) is 29.0 Å². The average molecular weight is 407 g/mol. The number of thiophene rings is 1. The summed E-state index contributed by atoms with van der Waals surface area (Å²) in [6, 6.07) is 12.1. The zero-order valence-electron chi connectivity index (χ0n) is 15.8. The maximum Gasteiger partial charge on any atom is 0.226 e. The molecule has 4 aromatic rings. The lowest BCUT2D eigenvalue weighted by atomic mass is 10.1. The number of rotatable bonds is 9. The molecule has 3 aromatic heterocycles. The maximum atomic E-state index is 12.1. The predicted molar refractivity (Wildman–Crippen MR) is 110 cm³/mol. The number of aryl methyl sites for hydroxylation is 1. The largest absolute Gasteiger partial charge is 0.352 e. The van der Waals surface area contributed by atoms with Crippen molar-refractivity contribution < 1.29 is 9.32 Å². The first-order valence-electron chi connectivity index (χ1n) is 9.43. The highest BCUT2D eigenvalue weighted by molar-refractivity contribution is 7.13. The van der Waals surface area contributed by atoms with Crippen molar-refractivity contribution in [2.45, 2.75) is 32.4 Å². The number of aromatic nitrogens is 4. The van der Waals surface area contributed by atoms with Gasteiger partial charge in [0.25, 0.3) is 0 Å². The van der Waals surface area contributed by atoms with Crippen molar-refractivity contribution in [2.24, 2.45) is 0 Å². The maximum absolute atomic E-state index is 12.1. The predicted octanol–water partition coefficient (Wildman–Crippen LogP) is 3.68. The molecule has 1 N–H and O–H groups in total. The van der Waals surface area contributed by atoms with Crippen molar-refractivity contribution in [3.05, 3.63) is 77.5 Å². The quantitative estimate of drug-likeness (QED) is 0.457. The third-order valence-corrected chi connectivity index (χ3v) is 5.31. The van der Waals surface area contributed by atoms with Gasteiger partial charge in [-0.15, -0.1) is 11.3 Å². The molecule has 1 amide bonds. The fourth-order valence-corrected chi connectivity index (χ4v) is 3.55. The average Bonchev–Trinajstić information content (AvgIpc) is 3.50. The summed E-state index contributed by atoms with van der Waals surface area (Å²) >= 11 is 1.57. The molecule has 0 aliphatic heterocycles. The Morgan fingerprint density at radius 1 is 1.17 bits per heavy atom. The van der Waals surface area contributed by atoms with Gasteiger partial charge in [-0.2, -0.15) is 4.98 Å². The number of hydrogen-bond donors (Lipinski definition) is 1. The summed E-state index contributed by atoms with van der Waals surface area (Å²) in [5.41, 5.74) is 2.27. The molecule has 1 aromatic carbocycles. The molecule has 0 fully saturated rings. The van der Waals surface area contributed by atoms with E-state index in [0.717, 1.165) is 17.0 Å². The van der Waals surface area contributed by atoms with Crippen LogP contribution in [0.3, 0.4) is 0 Å². The Hall–Kier alpha value is -3.26. The Morgan fingerprint density at radius 3 is 2.79 bits per heavy atom. The fraction of sp³-hybridized carbons (Fsp3) is 0.238. The second-order valence-electron chi connectivity index (χ2n) is 6.67. The lowest BCUT2D eigenvalue weighted by Gasteiger charge is -2.07. The van der Waals surface area contributed by atoms with E-state index in [2.05, 4.69) is 32.6 Å². The summed E-state index contributed by atoms with van der Waals surface area (Å²) < 4.78 is 7.27. The minimum atomic E-state index is 0.0190. The van der Waals surface area contributed by atoms with Crippen LogP contribution in [0.25, 0.3) is 10.7 Å². The zero-order valence-corrected chi connectivity index (χ0v) is 16.6. The van der Waals surface area contributed by atoms with E-state index in [4.69, 9.17) is 4.52 Å². The normalized spacial score (nSPS) is 10.9. The van der Waals surface area contributed by atoms with E-state index in [1.54, 1.807) is 23.9 Å². The van der Waals surface area contributed by atoms with Crippen LogP contribution in [0.15, 0.2) is 65.0 Å². The van der Waals surface area contributed by atoms with Crippen LogP contribution in [0.1, 0.15) is 29.9 Å². The summed E-state index contributed by atoms with van der Waals surface area (Å²) in [5.74, 6) is 1.19. The number of benzene rings is 1. The summed E-state index contributed by atoms with van der Waals surface area (Å²) in [6.07, 6.45) is 7.19. The van der Waals surface area contributed by atoms with E-state index in [1.165, 1.54) is 5.56 Å². The molecule has 0 unspecified atom stereocenters. The molecular formula is C21H21N5O2S. The summed E-state index contributed by atoms with van der Waals surface area (Å²) in [7, 11) is 0. The third-order valence-electron chi connectivity index (χ3n) is 4.44.